The quantitative estimate of drug-likeness (QED) is 0.833. The predicted molar refractivity (Wildman–Crippen MR) is 76.9 cm³/mol. The Morgan fingerprint density at radius 2 is 2.17 bits per heavy atom. The van der Waals surface area contributed by atoms with Crippen LogP contribution < -0.4 is 11.1 Å². The Hall–Kier alpha value is -1.70. The maximum atomic E-state index is 9.07. The fourth-order valence-corrected chi connectivity index (χ4v) is 2.71. The number of nitriles is 1. The van der Waals surface area contributed by atoms with Gasteiger partial charge in [0.1, 0.15) is 6.07 Å². The highest BCUT2D eigenvalue weighted by Gasteiger charge is 2.10. The number of nitrogens with zero attached hydrogens (tertiary/aromatic N) is 1. The van der Waals surface area contributed by atoms with E-state index < -0.39 is 0 Å². The topological polar surface area (TPSA) is 61.8 Å². The van der Waals surface area contributed by atoms with E-state index in [1.165, 1.54) is 11.3 Å². The first-order valence-corrected chi connectivity index (χ1v) is 6.61. The van der Waals surface area contributed by atoms with Gasteiger partial charge in [0.2, 0.25) is 0 Å². The third-order valence-electron chi connectivity index (χ3n) is 2.56. The number of halogens is 1. The molecule has 2 rings (SSSR count). The largest absolute Gasteiger partial charge is 0.399 e. The van der Waals surface area contributed by atoms with E-state index in [0.717, 1.165) is 14.9 Å². The fraction of sp³-hybridized carbons (Fsp3) is 0.154. The van der Waals surface area contributed by atoms with Crippen molar-refractivity contribution in [2.24, 2.45) is 0 Å². The lowest BCUT2D eigenvalue weighted by Gasteiger charge is -2.15. The van der Waals surface area contributed by atoms with E-state index in [-0.39, 0.29) is 6.04 Å². The normalized spacial score (nSPS) is 11.8. The molecule has 1 aromatic heterocycles. The zero-order chi connectivity index (χ0) is 13.1. The summed E-state index contributed by atoms with van der Waals surface area (Å²) in [7, 11) is 0. The molecule has 0 amide bonds. The third-order valence-corrected chi connectivity index (χ3v) is 3.97. The van der Waals surface area contributed by atoms with Crippen LogP contribution in [0.5, 0.6) is 0 Å². The van der Waals surface area contributed by atoms with Gasteiger partial charge in [0.05, 0.1) is 21.6 Å². The molecule has 18 heavy (non-hydrogen) atoms. The van der Waals surface area contributed by atoms with Gasteiger partial charge in [-0.05, 0) is 37.3 Å². The SMILES string of the molecule is CC(Nc1ccc(N)cc1C#N)c1ccc(Cl)s1. The van der Waals surface area contributed by atoms with Gasteiger partial charge in [0.15, 0.2) is 0 Å². The summed E-state index contributed by atoms with van der Waals surface area (Å²) in [6, 6.07) is 11.3. The number of thiophene rings is 1. The summed E-state index contributed by atoms with van der Waals surface area (Å²) >= 11 is 7.44. The van der Waals surface area contributed by atoms with Crippen molar-refractivity contribution in [3.05, 3.63) is 45.1 Å². The van der Waals surface area contributed by atoms with Crippen LogP contribution in [-0.2, 0) is 0 Å². The second-order valence-electron chi connectivity index (χ2n) is 3.92. The van der Waals surface area contributed by atoms with Crippen LogP contribution in [0.3, 0.4) is 0 Å². The average Bonchev–Trinajstić information content (AvgIpc) is 2.78. The van der Waals surface area contributed by atoms with Crippen molar-refractivity contribution >= 4 is 34.3 Å². The van der Waals surface area contributed by atoms with Gasteiger partial charge in [0, 0.05) is 10.6 Å². The number of hydrogen-bond donors (Lipinski definition) is 2. The van der Waals surface area contributed by atoms with Gasteiger partial charge in [-0.1, -0.05) is 11.6 Å². The van der Waals surface area contributed by atoms with E-state index in [1.54, 1.807) is 12.1 Å². The highest BCUT2D eigenvalue weighted by Crippen LogP contribution is 2.30. The number of nitrogen functional groups attached to an aromatic ring is 1. The molecule has 5 heteroatoms. The molecule has 0 spiro atoms. The maximum Gasteiger partial charge on any atom is 0.101 e. The molecule has 0 aliphatic rings. The number of hydrogen-bond acceptors (Lipinski definition) is 4. The van der Waals surface area contributed by atoms with E-state index in [0.29, 0.717) is 11.3 Å². The molecule has 0 aliphatic heterocycles. The first-order chi connectivity index (χ1) is 8.60. The molecule has 2 aromatic rings. The van der Waals surface area contributed by atoms with Crippen LogP contribution in [-0.4, -0.2) is 0 Å². The minimum Gasteiger partial charge on any atom is -0.399 e. The lowest BCUT2D eigenvalue weighted by Crippen LogP contribution is -2.06. The van der Waals surface area contributed by atoms with Crippen molar-refractivity contribution in [1.82, 2.24) is 0 Å². The van der Waals surface area contributed by atoms with E-state index in [1.807, 2.05) is 25.1 Å². The summed E-state index contributed by atoms with van der Waals surface area (Å²) in [5.41, 5.74) is 7.57. The predicted octanol–water partition coefficient (Wildman–Crippen LogP) is 4.03. The lowest BCUT2D eigenvalue weighted by atomic mass is 10.1. The second kappa shape index (κ2) is 5.30. The molecule has 0 bridgehead atoms. The van der Waals surface area contributed by atoms with Gasteiger partial charge in [-0.2, -0.15) is 5.26 Å². The summed E-state index contributed by atoms with van der Waals surface area (Å²) < 4.78 is 0.761. The van der Waals surface area contributed by atoms with Crippen molar-refractivity contribution in [2.75, 3.05) is 11.1 Å². The minimum absolute atomic E-state index is 0.0956. The monoisotopic (exact) mass is 277 g/mol. The Morgan fingerprint density at radius 3 is 2.78 bits per heavy atom. The highest BCUT2D eigenvalue weighted by molar-refractivity contribution is 7.16. The van der Waals surface area contributed by atoms with Crippen molar-refractivity contribution < 1.29 is 0 Å². The van der Waals surface area contributed by atoms with Crippen molar-refractivity contribution in [3.8, 4) is 6.07 Å². The number of nitrogens with one attached hydrogen (secondary N) is 1. The average molecular weight is 278 g/mol. The zero-order valence-electron chi connectivity index (χ0n) is 9.77. The van der Waals surface area contributed by atoms with Crippen LogP contribution in [0.2, 0.25) is 4.34 Å². The number of anilines is 2. The van der Waals surface area contributed by atoms with Crippen LogP contribution >= 0.6 is 22.9 Å². The molecule has 3 nitrogen and oxygen atoms in total. The molecule has 1 atom stereocenters. The number of nitrogens with two attached hydrogens (primary N) is 1. The molecule has 0 aliphatic carbocycles. The van der Waals surface area contributed by atoms with E-state index in [9.17, 15) is 0 Å². The standard InChI is InChI=1S/C13H12ClN3S/c1-8(12-4-5-13(14)18-12)17-11-3-2-10(16)6-9(11)7-15/h2-6,8,17H,16H2,1H3. The molecule has 0 fully saturated rings. The molecule has 0 radical (unpaired) electrons. The maximum absolute atomic E-state index is 9.07. The molecule has 92 valence electrons. The summed E-state index contributed by atoms with van der Waals surface area (Å²) in [6.07, 6.45) is 0. The first kappa shape index (κ1) is 12.7. The van der Waals surface area contributed by atoms with Gasteiger partial charge in [-0.3, -0.25) is 0 Å². The summed E-state index contributed by atoms with van der Waals surface area (Å²) in [5.74, 6) is 0. The minimum atomic E-state index is 0.0956. The highest BCUT2D eigenvalue weighted by atomic mass is 35.5. The van der Waals surface area contributed by atoms with Gasteiger partial charge < -0.3 is 11.1 Å². The van der Waals surface area contributed by atoms with Crippen LogP contribution in [0.4, 0.5) is 11.4 Å². The van der Waals surface area contributed by atoms with Crippen molar-refractivity contribution in [2.45, 2.75) is 13.0 Å². The Kier molecular flexibility index (Phi) is 3.75. The van der Waals surface area contributed by atoms with E-state index in [2.05, 4.69) is 11.4 Å². The Balaban J connectivity index is 2.22. The third kappa shape index (κ3) is 2.76. The second-order valence-corrected chi connectivity index (χ2v) is 5.67. The lowest BCUT2D eigenvalue weighted by molar-refractivity contribution is 0.907. The first-order valence-electron chi connectivity index (χ1n) is 5.41. The van der Waals surface area contributed by atoms with E-state index in [4.69, 9.17) is 22.6 Å². The summed E-state index contributed by atoms with van der Waals surface area (Å²) in [4.78, 5) is 1.13. The zero-order valence-corrected chi connectivity index (χ0v) is 11.3. The van der Waals surface area contributed by atoms with Gasteiger partial charge >= 0.3 is 0 Å². The number of benzene rings is 1. The Morgan fingerprint density at radius 1 is 1.39 bits per heavy atom. The smallest absolute Gasteiger partial charge is 0.101 e. The van der Waals surface area contributed by atoms with Gasteiger partial charge in [-0.15, -0.1) is 11.3 Å². The molecular weight excluding hydrogens is 266 g/mol. The Bertz CT molecular complexity index is 601. The van der Waals surface area contributed by atoms with E-state index >= 15 is 0 Å². The van der Waals surface area contributed by atoms with Crippen molar-refractivity contribution in [1.29, 1.82) is 5.26 Å². The van der Waals surface area contributed by atoms with Crippen LogP contribution in [0.15, 0.2) is 30.3 Å². The molecule has 0 saturated heterocycles. The summed E-state index contributed by atoms with van der Waals surface area (Å²) in [5, 5.41) is 12.4. The molecular formula is C13H12ClN3S. The van der Waals surface area contributed by atoms with Gasteiger partial charge in [0.25, 0.3) is 0 Å². The van der Waals surface area contributed by atoms with Crippen LogP contribution in [0.25, 0.3) is 0 Å². The Labute approximate surface area is 115 Å². The molecule has 1 unspecified atom stereocenters. The van der Waals surface area contributed by atoms with Gasteiger partial charge in [-0.25, -0.2) is 0 Å². The fourth-order valence-electron chi connectivity index (χ4n) is 1.65. The molecule has 1 heterocycles. The molecule has 0 saturated carbocycles. The molecule has 3 N–H and O–H groups in total. The molecule has 1 aromatic carbocycles. The van der Waals surface area contributed by atoms with Crippen LogP contribution in [0.1, 0.15) is 23.4 Å². The van der Waals surface area contributed by atoms with Crippen molar-refractivity contribution in [3.63, 3.8) is 0 Å². The van der Waals surface area contributed by atoms with Crippen LogP contribution in [0, 0.1) is 11.3 Å². The summed E-state index contributed by atoms with van der Waals surface area (Å²) in [6.45, 7) is 2.03. The number of rotatable bonds is 3.